The Kier molecular flexibility index (Phi) is 3.79. The molecule has 1 amide bonds. The van der Waals surface area contributed by atoms with Gasteiger partial charge >= 0.3 is 0 Å². The summed E-state index contributed by atoms with van der Waals surface area (Å²) >= 11 is 9.38. The fourth-order valence-electron chi connectivity index (χ4n) is 2.65. The summed E-state index contributed by atoms with van der Waals surface area (Å²) in [6, 6.07) is 16.9. The van der Waals surface area contributed by atoms with Gasteiger partial charge in [-0.05, 0) is 42.5 Å². The van der Waals surface area contributed by atoms with E-state index >= 15 is 0 Å². The molecule has 2 heterocycles. The minimum absolute atomic E-state index is 0.158. The molecule has 0 unspecified atom stereocenters. The highest BCUT2D eigenvalue weighted by molar-refractivity contribution is 9.10. The van der Waals surface area contributed by atoms with Crippen LogP contribution in [0.3, 0.4) is 0 Å². The van der Waals surface area contributed by atoms with Crippen molar-refractivity contribution in [1.29, 1.82) is 0 Å². The van der Waals surface area contributed by atoms with Crippen molar-refractivity contribution in [2.24, 2.45) is 0 Å². The van der Waals surface area contributed by atoms with Crippen LogP contribution in [0.15, 0.2) is 63.5 Å². The number of amides is 1. The molecule has 24 heavy (non-hydrogen) atoms. The van der Waals surface area contributed by atoms with Gasteiger partial charge in [0, 0.05) is 20.6 Å². The van der Waals surface area contributed by atoms with Crippen LogP contribution in [0.4, 0.5) is 5.69 Å². The van der Waals surface area contributed by atoms with Gasteiger partial charge in [0.1, 0.15) is 11.5 Å². The molecule has 1 N–H and O–H groups in total. The lowest BCUT2D eigenvalue weighted by molar-refractivity contribution is -0.110. The van der Waals surface area contributed by atoms with Crippen LogP contribution in [0.25, 0.3) is 23.0 Å². The molecule has 1 aliphatic heterocycles. The molecule has 4 rings (SSSR count). The van der Waals surface area contributed by atoms with E-state index in [9.17, 15) is 4.79 Å². The summed E-state index contributed by atoms with van der Waals surface area (Å²) in [5, 5.41) is 3.40. The zero-order valence-electron chi connectivity index (χ0n) is 12.3. The lowest BCUT2D eigenvalue weighted by Gasteiger charge is -1.98. The quantitative estimate of drug-likeness (QED) is 0.548. The molecule has 0 radical (unpaired) electrons. The van der Waals surface area contributed by atoms with Gasteiger partial charge in [-0.2, -0.15) is 0 Å². The maximum atomic E-state index is 12.2. The zero-order chi connectivity index (χ0) is 16.7. The Morgan fingerprint density at radius 2 is 1.83 bits per heavy atom. The van der Waals surface area contributed by atoms with Crippen LogP contribution >= 0.6 is 27.5 Å². The number of rotatable bonds is 2. The second kappa shape index (κ2) is 5.96. The molecular formula is C19H11BrClNO2. The highest BCUT2D eigenvalue weighted by atomic mass is 79.9. The largest absolute Gasteiger partial charge is 0.457 e. The monoisotopic (exact) mass is 399 g/mol. The molecule has 0 spiro atoms. The number of hydrogen-bond acceptors (Lipinski definition) is 2. The molecule has 0 saturated carbocycles. The third-order valence-electron chi connectivity index (χ3n) is 3.81. The van der Waals surface area contributed by atoms with Crippen molar-refractivity contribution in [2.75, 3.05) is 5.32 Å². The third kappa shape index (κ3) is 2.79. The fourth-order valence-corrected chi connectivity index (χ4v) is 3.09. The van der Waals surface area contributed by atoms with Crippen LogP contribution < -0.4 is 5.32 Å². The van der Waals surface area contributed by atoms with Crippen LogP contribution in [-0.4, -0.2) is 5.91 Å². The number of furan rings is 1. The van der Waals surface area contributed by atoms with E-state index < -0.39 is 0 Å². The van der Waals surface area contributed by atoms with Gasteiger partial charge in [-0.25, -0.2) is 0 Å². The van der Waals surface area contributed by atoms with Gasteiger partial charge in [0.15, 0.2) is 0 Å². The average molecular weight is 401 g/mol. The number of benzene rings is 2. The molecule has 1 aromatic heterocycles. The van der Waals surface area contributed by atoms with Crippen LogP contribution in [0.2, 0.25) is 5.02 Å². The van der Waals surface area contributed by atoms with Gasteiger partial charge in [0.05, 0.1) is 11.3 Å². The van der Waals surface area contributed by atoms with Crippen molar-refractivity contribution in [3.05, 3.63) is 75.4 Å². The molecule has 2 aromatic carbocycles. The molecule has 0 fully saturated rings. The summed E-state index contributed by atoms with van der Waals surface area (Å²) in [4.78, 5) is 12.2. The van der Waals surface area contributed by atoms with Gasteiger partial charge in [-0.15, -0.1) is 0 Å². The third-order valence-corrected chi connectivity index (χ3v) is 4.57. The van der Waals surface area contributed by atoms with E-state index in [2.05, 4.69) is 21.2 Å². The first-order chi connectivity index (χ1) is 11.6. The number of hydrogen-bond donors (Lipinski definition) is 1. The number of fused-ring (bicyclic) bond motifs is 1. The topological polar surface area (TPSA) is 42.2 Å². The second-order valence-corrected chi connectivity index (χ2v) is 6.76. The van der Waals surface area contributed by atoms with Crippen LogP contribution in [0.5, 0.6) is 0 Å². The summed E-state index contributed by atoms with van der Waals surface area (Å²) in [7, 11) is 0. The average Bonchev–Trinajstić information content (AvgIpc) is 3.13. The zero-order valence-corrected chi connectivity index (χ0v) is 14.7. The Morgan fingerprint density at radius 3 is 2.62 bits per heavy atom. The summed E-state index contributed by atoms with van der Waals surface area (Å²) < 4.78 is 6.87. The van der Waals surface area contributed by atoms with Gasteiger partial charge in [0.25, 0.3) is 5.91 Å². The standard InChI is InChI=1S/C19H11BrClNO2/c20-12-3-1-11(2-4-12)18-8-6-14(24-18)10-16-15-7-5-13(21)9-17(15)22-19(16)23/h1-10H,(H,22,23)/b16-10+. The van der Waals surface area contributed by atoms with E-state index in [0.717, 1.165) is 27.0 Å². The van der Waals surface area contributed by atoms with Gasteiger partial charge in [-0.3, -0.25) is 4.79 Å². The predicted octanol–water partition coefficient (Wildman–Crippen LogP) is 5.86. The molecule has 5 heteroatoms. The summed E-state index contributed by atoms with van der Waals surface area (Å²) in [6.45, 7) is 0. The molecule has 118 valence electrons. The number of nitrogens with one attached hydrogen (secondary N) is 1. The van der Waals surface area contributed by atoms with E-state index in [1.807, 2.05) is 42.5 Å². The molecule has 1 aliphatic rings. The lowest BCUT2D eigenvalue weighted by Crippen LogP contribution is -2.03. The van der Waals surface area contributed by atoms with E-state index in [1.165, 1.54) is 0 Å². The van der Waals surface area contributed by atoms with Crippen molar-refractivity contribution in [2.45, 2.75) is 0 Å². The van der Waals surface area contributed by atoms with E-state index in [4.69, 9.17) is 16.0 Å². The predicted molar refractivity (Wildman–Crippen MR) is 99.8 cm³/mol. The van der Waals surface area contributed by atoms with Crippen molar-refractivity contribution >= 4 is 50.8 Å². The van der Waals surface area contributed by atoms with E-state index in [0.29, 0.717) is 16.4 Å². The number of halogens is 2. The number of anilines is 1. The second-order valence-electron chi connectivity index (χ2n) is 5.41. The van der Waals surface area contributed by atoms with Gasteiger partial charge < -0.3 is 9.73 Å². The van der Waals surface area contributed by atoms with Crippen molar-refractivity contribution in [1.82, 2.24) is 0 Å². The first kappa shape index (κ1) is 15.2. The van der Waals surface area contributed by atoms with Crippen molar-refractivity contribution < 1.29 is 9.21 Å². The minimum Gasteiger partial charge on any atom is -0.457 e. The van der Waals surface area contributed by atoms with Gasteiger partial charge in [0.2, 0.25) is 0 Å². The van der Waals surface area contributed by atoms with Crippen molar-refractivity contribution in [3.63, 3.8) is 0 Å². The SMILES string of the molecule is O=C1Nc2cc(Cl)ccc2/C1=C\c1ccc(-c2ccc(Br)cc2)o1. The highest BCUT2D eigenvalue weighted by Crippen LogP contribution is 2.35. The normalized spacial score (nSPS) is 14.8. The maximum absolute atomic E-state index is 12.2. The smallest absolute Gasteiger partial charge is 0.256 e. The van der Waals surface area contributed by atoms with Crippen LogP contribution in [0.1, 0.15) is 11.3 Å². The number of carbonyl (C=O) groups excluding carboxylic acids is 1. The fraction of sp³-hybridized carbons (Fsp3) is 0. The molecule has 3 aromatic rings. The molecule has 0 atom stereocenters. The van der Waals surface area contributed by atoms with Crippen LogP contribution in [0, 0.1) is 0 Å². The maximum Gasteiger partial charge on any atom is 0.256 e. The summed E-state index contributed by atoms with van der Waals surface area (Å²) in [5.74, 6) is 1.22. The van der Waals surface area contributed by atoms with Crippen LogP contribution in [-0.2, 0) is 4.79 Å². The summed E-state index contributed by atoms with van der Waals surface area (Å²) in [6.07, 6.45) is 1.75. The Balaban J connectivity index is 1.70. The van der Waals surface area contributed by atoms with Gasteiger partial charge in [-0.1, -0.05) is 45.7 Å². The summed E-state index contributed by atoms with van der Waals surface area (Å²) in [5.41, 5.74) is 3.09. The highest BCUT2D eigenvalue weighted by Gasteiger charge is 2.24. The Morgan fingerprint density at radius 1 is 1.04 bits per heavy atom. The number of carbonyl (C=O) groups is 1. The molecule has 0 bridgehead atoms. The molecule has 0 aliphatic carbocycles. The molecule has 0 saturated heterocycles. The van der Waals surface area contributed by atoms with E-state index in [1.54, 1.807) is 18.2 Å². The Hall–Kier alpha value is -2.30. The first-order valence-electron chi connectivity index (χ1n) is 7.29. The first-order valence-corrected chi connectivity index (χ1v) is 8.46. The molecular weight excluding hydrogens is 390 g/mol. The minimum atomic E-state index is -0.158. The Bertz CT molecular complexity index is 973. The van der Waals surface area contributed by atoms with Crippen molar-refractivity contribution in [3.8, 4) is 11.3 Å². The lowest BCUT2D eigenvalue weighted by atomic mass is 10.1. The Labute approximate surface area is 152 Å². The molecule has 3 nitrogen and oxygen atoms in total. The van der Waals surface area contributed by atoms with E-state index in [-0.39, 0.29) is 5.91 Å².